The van der Waals surface area contributed by atoms with Gasteiger partial charge in [0.25, 0.3) is 0 Å². The van der Waals surface area contributed by atoms with Crippen LogP contribution in [0.1, 0.15) is 60.8 Å². The third-order valence-corrected chi connectivity index (χ3v) is 8.88. The van der Waals surface area contributed by atoms with E-state index < -0.39 is 0 Å². The van der Waals surface area contributed by atoms with Crippen LogP contribution in [-0.2, 0) is 0 Å². The molecule has 2 nitrogen and oxygen atoms in total. The summed E-state index contributed by atoms with van der Waals surface area (Å²) in [5.74, 6) is 4.04. The topological polar surface area (TPSA) is 32.6 Å². The molecule has 122 valence electrons. The summed E-state index contributed by atoms with van der Waals surface area (Å²) < 4.78 is 0. The highest BCUT2D eigenvalue weighted by Gasteiger charge is 2.60. The second-order valence-corrected chi connectivity index (χ2v) is 9.78. The maximum atomic E-state index is 9.70. The number of hydrogen-bond acceptors (Lipinski definition) is 2. The van der Waals surface area contributed by atoms with E-state index in [0.29, 0.717) is 28.6 Å². The molecule has 22 heavy (non-hydrogen) atoms. The van der Waals surface area contributed by atoms with Crippen LogP contribution in [-0.4, -0.2) is 10.9 Å². The van der Waals surface area contributed by atoms with E-state index in [4.69, 9.17) is 0 Å². The molecule has 4 bridgehead atoms. The molecule has 0 aromatic carbocycles. The van der Waals surface area contributed by atoms with Crippen LogP contribution in [0.2, 0.25) is 0 Å². The van der Waals surface area contributed by atoms with Crippen LogP contribution in [0.25, 0.3) is 0 Å². The van der Waals surface area contributed by atoms with E-state index in [9.17, 15) is 5.21 Å². The van der Waals surface area contributed by atoms with Gasteiger partial charge >= 0.3 is 0 Å². The van der Waals surface area contributed by atoms with Gasteiger partial charge < -0.3 is 5.21 Å². The van der Waals surface area contributed by atoms with Crippen molar-refractivity contribution in [3.63, 3.8) is 0 Å². The van der Waals surface area contributed by atoms with Gasteiger partial charge in [0.2, 0.25) is 0 Å². The van der Waals surface area contributed by atoms with E-state index in [1.54, 1.807) is 5.57 Å². The number of allylic oxidation sites excluding steroid dienone is 2. The minimum Gasteiger partial charge on any atom is -0.411 e. The van der Waals surface area contributed by atoms with Gasteiger partial charge in [-0.25, -0.2) is 0 Å². The second-order valence-electron chi connectivity index (χ2n) is 9.78. The quantitative estimate of drug-likeness (QED) is 0.488. The third kappa shape index (κ3) is 1.50. The molecule has 4 aliphatic carbocycles. The molecule has 4 aliphatic rings. The molecule has 0 aromatic heterocycles. The number of rotatable bonds is 0. The Morgan fingerprint density at radius 3 is 2.14 bits per heavy atom. The van der Waals surface area contributed by atoms with Crippen LogP contribution >= 0.6 is 0 Å². The van der Waals surface area contributed by atoms with E-state index in [1.807, 2.05) is 0 Å². The summed E-state index contributed by atoms with van der Waals surface area (Å²) in [5, 5.41) is 13.5. The zero-order valence-corrected chi connectivity index (χ0v) is 15.0. The maximum Gasteiger partial charge on any atom is 0.0864 e. The van der Waals surface area contributed by atoms with Crippen molar-refractivity contribution in [2.24, 2.45) is 51.5 Å². The molecule has 1 N–H and O–H groups in total. The highest BCUT2D eigenvalue weighted by molar-refractivity contribution is 6.06. The van der Waals surface area contributed by atoms with Gasteiger partial charge in [0.1, 0.15) is 0 Å². The van der Waals surface area contributed by atoms with Gasteiger partial charge in [-0.3, -0.25) is 0 Å². The first-order valence-corrected chi connectivity index (χ1v) is 9.16. The number of oxime groups is 1. The van der Waals surface area contributed by atoms with Crippen molar-refractivity contribution < 1.29 is 5.21 Å². The molecular weight excluding hydrogens is 270 g/mol. The Kier molecular flexibility index (Phi) is 2.81. The Balaban J connectivity index is 1.81. The number of fused-ring (bicyclic) bond motifs is 4. The molecule has 0 spiro atoms. The minimum atomic E-state index is 0.349. The monoisotopic (exact) mass is 301 g/mol. The van der Waals surface area contributed by atoms with Crippen LogP contribution in [0.3, 0.4) is 0 Å². The van der Waals surface area contributed by atoms with Crippen LogP contribution < -0.4 is 0 Å². The molecule has 0 aromatic rings. The van der Waals surface area contributed by atoms with Crippen molar-refractivity contribution in [2.45, 2.75) is 60.8 Å². The Hall–Kier alpha value is -0.790. The summed E-state index contributed by atoms with van der Waals surface area (Å²) in [6, 6.07) is 0. The molecule has 0 amide bonds. The number of hydrogen-bond donors (Lipinski definition) is 1. The van der Waals surface area contributed by atoms with E-state index in [-0.39, 0.29) is 0 Å². The van der Waals surface area contributed by atoms with E-state index in [2.05, 4.69) is 46.7 Å². The summed E-state index contributed by atoms with van der Waals surface area (Å²) in [7, 11) is 0. The lowest BCUT2D eigenvalue weighted by atomic mass is 9.62. The van der Waals surface area contributed by atoms with Gasteiger partial charge in [-0.1, -0.05) is 52.3 Å². The lowest BCUT2D eigenvalue weighted by Crippen LogP contribution is -2.37. The predicted octanol–water partition coefficient (Wildman–Crippen LogP) is 5.13. The zero-order valence-electron chi connectivity index (χ0n) is 15.0. The fraction of sp³-hybridized carbons (Fsp3) is 0.850. The van der Waals surface area contributed by atoms with Gasteiger partial charge in [-0.15, -0.1) is 0 Å². The first kappa shape index (κ1) is 14.8. The Bertz CT molecular complexity index is 579. The van der Waals surface area contributed by atoms with Crippen molar-refractivity contribution in [3.05, 3.63) is 11.1 Å². The van der Waals surface area contributed by atoms with Gasteiger partial charge in [0.05, 0.1) is 5.71 Å². The molecule has 2 heteroatoms. The summed E-state index contributed by atoms with van der Waals surface area (Å²) in [5.41, 5.74) is 5.06. The molecule has 4 saturated carbocycles. The number of nitrogens with zero attached hydrogens (tertiary/aromatic N) is 1. The van der Waals surface area contributed by atoms with Crippen LogP contribution in [0.5, 0.6) is 0 Å². The first-order chi connectivity index (χ1) is 10.2. The highest BCUT2D eigenvalue weighted by atomic mass is 16.4. The second kappa shape index (κ2) is 4.19. The Morgan fingerprint density at radius 2 is 1.59 bits per heavy atom. The van der Waals surface area contributed by atoms with Crippen molar-refractivity contribution >= 4 is 5.71 Å². The molecule has 0 saturated heterocycles. The lowest BCUT2D eigenvalue weighted by molar-refractivity contribution is 0.160. The predicted molar refractivity (Wildman–Crippen MR) is 89.9 cm³/mol. The summed E-state index contributed by atoms with van der Waals surface area (Å²) in [6.45, 7) is 14.6. The van der Waals surface area contributed by atoms with Gasteiger partial charge in [-0.2, -0.15) is 0 Å². The summed E-state index contributed by atoms with van der Waals surface area (Å²) in [4.78, 5) is 0. The molecule has 6 atom stereocenters. The van der Waals surface area contributed by atoms with Crippen molar-refractivity contribution in [2.75, 3.05) is 0 Å². The van der Waals surface area contributed by atoms with Crippen molar-refractivity contribution in [1.82, 2.24) is 0 Å². The van der Waals surface area contributed by atoms with E-state index >= 15 is 0 Å². The van der Waals surface area contributed by atoms with Crippen LogP contribution in [0, 0.1) is 46.3 Å². The van der Waals surface area contributed by atoms with Gasteiger partial charge in [0.15, 0.2) is 0 Å². The summed E-state index contributed by atoms with van der Waals surface area (Å²) in [6.07, 6.45) is 3.82. The van der Waals surface area contributed by atoms with Crippen molar-refractivity contribution in [3.8, 4) is 0 Å². The Labute approximate surface area is 135 Å². The lowest BCUT2D eigenvalue weighted by Gasteiger charge is -2.42. The molecular formula is C20H31NO. The zero-order chi connectivity index (χ0) is 16.0. The highest BCUT2D eigenvalue weighted by Crippen LogP contribution is 2.66. The first-order valence-electron chi connectivity index (χ1n) is 9.16. The normalized spacial score (nSPS) is 52.9. The average molecular weight is 301 g/mol. The third-order valence-electron chi connectivity index (χ3n) is 8.88. The molecule has 0 aliphatic heterocycles. The van der Waals surface area contributed by atoms with Crippen molar-refractivity contribution in [1.29, 1.82) is 0 Å². The maximum absolute atomic E-state index is 9.70. The van der Waals surface area contributed by atoms with Crippen LogP contribution in [0.4, 0.5) is 0 Å². The molecule has 4 rings (SSSR count). The fourth-order valence-electron chi connectivity index (χ4n) is 6.55. The smallest absolute Gasteiger partial charge is 0.0864 e. The largest absolute Gasteiger partial charge is 0.411 e. The molecule has 4 fully saturated rings. The van der Waals surface area contributed by atoms with E-state index in [0.717, 1.165) is 23.5 Å². The van der Waals surface area contributed by atoms with E-state index in [1.165, 1.54) is 24.8 Å². The molecule has 0 unspecified atom stereocenters. The SMILES string of the molecule is C[C@@H]1[C@@H]2C[C@@H](C/C2=C2/C(=N\O)[C@@H]3C[C@H]2C(C)(C)[C@H]3C)C1(C)C. The fourth-order valence-corrected chi connectivity index (χ4v) is 6.55. The average Bonchev–Trinajstić information content (AvgIpc) is 3.14. The minimum absolute atomic E-state index is 0.349. The molecule has 0 radical (unpaired) electrons. The standard InChI is InChI=1S/C20H31NO/c1-10-13-7-12(19(10,3)4)8-15(13)17-16-9-14(18(17)21-22)11(2)20(16,5)6/h10-14,16,22H,7-9H2,1-6H3/b17-15-,21-18-/t10-,11+,12+,13+,14-,16-/m1/s1. The van der Waals surface area contributed by atoms with Gasteiger partial charge in [-0.05, 0) is 65.3 Å². The molecule has 0 heterocycles. The van der Waals surface area contributed by atoms with Crippen LogP contribution in [0.15, 0.2) is 16.3 Å². The Morgan fingerprint density at radius 1 is 0.955 bits per heavy atom. The van der Waals surface area contributed by atoms with Gasteiger partial charge in [0, 0.05) is 5.92 Å². The summed E-state index contributed by atoms with van der Waals surface area (Å²) >= 11 is 0.